The fourth-order valence-electron chi connectivity index (χ4n) is 2.01. The molecule has 0 unspecified atom stereocenters. The monoisotopic (exact) mass is 337 g/mol. The van der Waals surface area contributed by atoms with Crippen molar-refractivity contribution in [2.24, 2.45) is 5.41 Å². The average Bonchev–Trinajstić information content (AvgIpc) is 2.62. The zero-order valence-electron chi connectivity index (χ0n) is 14.3. The third-order valence-electron chi connectivity index (χ3n) is 3.73. The Morgan fingerprint density at radius 1 is 1.00 bits per heavy atom. The quantitative estimate of drug-likeness (QED) is 0.820. The molecule has 0 saturated heterocycles. The molecule has 128 valence electrons. The summed E-state index contributed by atoms with van der Waals surface area (Å²) in [5, 5.41) is 14.2. The molecular formula is C19H19N3O3. The Labute approximate surface area is 146 Å². The van der Waals surface area contributed by atoms with Crippen LogP contribution in [-0.2, 0) is 9.59 Å². The number of carbonyl (C=O) groups excluding carboxylic acids is 2. The van der Waals surface area contributed by atoms with Gasteiger partial charge in [0.05, 0.1) is 18.7 Å². The minimum absolute atomic E-state index is 0.438. The molecule has 0 aliphatic carbocycles. The van der Waals surface area contributed by atoms with Crippen molar-refractivity contribution in [1.82, 2.24) is 0 Å². The summed E-state index contributed by atoms with van der Waals surface area (Å²) in [6.07, 6.45) is 0. The lowest BCUT2D eigenvalue weighted by atomic mass is 9.90. The predicted molar refractivity (Wildman–Crippen MR) is 95.2 cm³/mol. The van der Waals surface area contributed by atoms with Gasteiger partial charge in [0.25, 0.3) is 0 Å². The SMILES string of the molecule is COc1cccc(NC(=O)C(C)(C)C(=O)Nc2ccc(C#N)cc2)c1. The lowest BCUT2D eigenvalue weighted by Crippen LogP contribution is -2.41. The maximum absolute atomic E-state index is 12.5. The molecule has 0 fully saturated rings. The molecule has 0 aliphatic rings. The van der Waals surface area contributed by atoms with E-state index in [4.69, 9.17) is 10.00 Å². The molecule has 2 N–H and O–H groups in total. The fraction of sp³-hybridized carbons (Fsp3) is 0.211. The Balaban J connectivity index is 2.08. The van der Waals surface area contributed by atoms with Gasteiger partial charge in [-0.25, -0.2) is 0 Å². The number of anilines is 2. The minimum Gasteiger partial charge on any atom is -0.497 e. The first-order valence-corrected chi connectivity index (χ1v) is 7.64. The van der Waals surface area contributed by atoms with Crippen molar-refractivity contribution in [3.05, 3.63) is 54.1 Å². The minimum atomic E-state index is -1.29. The van der Waals surface area contributed by atoms with Crippen molar-refractivity contribution in [2.45, 2.75) is 13.8 Å². The van der Waals surface area contributed by atoms with Crippen LogP contribution in [0.5, 0.6) is 5.75 Å². The summed E-state index contributed by atoms with van der Waals surface area (Å²) in [6, 6.07) is 15.3. The number of amides is 2. The molecule has 0 aliphatic heterocycles. The number of nitrogens with one attached hydrogen (secondary N) is 2. The zero-order chi connectivity index (χ0) is 18.4. The number of carbonyl (C=O) groups is 2. The van der Waals surface area contributed by atoms with Gasteiger partial charge in [0.2, 0.25) is 11.8 Å². The van der Waals surface area contributed by atoms with Gasteiger partial charge in [-0.3, -0.25) is 9.59 Å². The standard InChI is InChI=1S/C19H19N3O3/c1-19(2,17(23)21-14-9-7-13(12-20)8-10-14)18(24)22-15-5-4-6-16(11-15)25-3/h4-11H,1-3H3,(H,21,23)(H,22,24). The molecule has 6 nitrogen and oxygen atoms in total. The van der Waals surface area contributed by atoms with Crippen molar-refractivity contribution in [2.75, 3.05) is 17.7 Å². The number of nitrogens with zero attached hydrogens (tertiary/aromatic N) is 1. The van der Waals surface area contributed by atoms with E-state index in [1.807, 2.05) is 6.07 Å². The number of ether oxygens (including phenoxy) is 1. The fourth-order valence-corrected chi connectivity index (χ4v) is 2.01. The van der Waals surface area contributed by atoms with E-state index in [0.717, 1.165) is 0 Å². The molecule has 0 saturated carbocycles. The second kappa shape index (κ2) is 7.49. The van der Waals surface area contributed by atoms with Gasteiger partial charge < -0.3 is 15.4 Å². The summed E-state index contributed by atoms with van der Waals surface area (Å²) >= 11 is 0. The second-order valence-electron chi connectivity index (χ2n) is 5.95. The highest BCUT2D eigenvalue weighted by atomic mass is 16.5. The van der Waals surface area contributed by atoms with Crippen LogP contribution in [0, 0.1) is 16.7 Å². The van der Waals surface area contributed by atoms with Crippen molar-refractivity contribution >= 4 is 23.2 Å². The lowest BCUT2D eigenvalue weighted by Gasteiger charge is -2.23. The number of rotatable bonds is 5. The molecule has 0 aromatic heterocycles. The van der Waals surface area contributed by atoms with E-state index in [9.17, 15) is 9.59 Å². The molecule has 6 heteroatoms. The molecule has 0 heterocycles. The molecule has 2 rings (SSSR count). The topological polar surface area (TPSA) is 91.2 Å². The van der Waals surface area contributed by atoms with E-state index in [2.05, 4.69) is 10.6 Å². The van der Waals surface area contributed by atoms with E-state index in [-0.39, 0.29) is 0 Å². The summed E-state index contributed by atoms with van der Waals surface area (Å²) < 4.78 is 5.11. The lowest BCUT2D eigenvalue weighted by molar-refractivity contribution is -0.135. The van der Waals surface area contributed by atoms with Crippen LogP contribution in [0.25, 0.3) is 0 Å². The normalized spacial score (nSPS) is 10.5. The van der Waals surface area contributed by atoms with Crippen LogP contribution in [0.2, 0.25) is 0 Å². The van der Waals surface area contributed by atoms with Gasteiger partial charge in [-0.2, -0.15) is 5.26 Å². The van der Waals surface area contributed by atoms with Gasteiger partial charge in [-0.05, 0) is 50.2 Å². The van der Waals surface area contributed by atoms with Crippen LogP contribution in [0.4, 0.5) is 11.4 Å². The molecule has 2 aromatic carbocycles. The number of benzene rings is 2. The maximum atomic E-state index is 12.5. The first kappa shape index (κ1) is 18.0. The third-order valence-corrected chi connectivity index (χ3v) is 3.73. The first-order chi connectivity index (χ1) is 11.9. The molecule has 0 atom stereocenters. The average molecular weight is 337 g/mol. The van der Waals surface area contributed by atoms with E-state index in [0.29, 0.717) is 22.7 Å². The van der Waals surface area contributed by atoms with Crippen LogP contribution >= 0.6 is 0 Å². The molecule has 2 amide bonds. The van der Waals surface area contributed by atoms with Gasteiger partial charge >= 0.3 is 0 Å². The highest BCUT2D eigenvalue weighted by Gasteiger charge is 2.36. The first-order valence-electron chi connectivity index (χ1n) is 7.64. The molecule has 0 spiro atoms. The summed E-state index contributed by atoms with van der Waals surface area (Å²) in [5.41, 5.74) is 0.264. The molecular weight excluding hydrogens is 318 g/mol. The highest BCUT2D eigenvalue weighted by molar-refractivity contribution is 6.14. The summed E-state index contributed by atoms with van der Waals surface area (Å²) in [5.74, 6) is -0.276. The Morgan fingerprint density at radius 3 is 2.16 bits per heavy atom. The largest absolute Gasteiger partial charge is 0.497 e. The summed E-state index contributed by atoms with van der Waals surface area (Å²) in [7, 11) is 1.54. The number of hydrogen-bond acceptors (Lipinski definition) is 4. The molecule has 0 radical (unpaired) electrons. The van der Waals surface area contributed by atoms with E-state index < -0.39 is 17.2 Å². The zero-order valence-corrected chi connectivity index (χ0v) is 14.3. The Kier molecular flexibility index (Phi) is 5.40. The maximum Gasteiger partial charge on any atom is 0.239 e. The van der Waals surface area contributed by atoms with Crippen LogP contribution < -0.4 is 15.4 Å². The number of methoxy groups -OCH3 is 1. The van der Waals surface area contributed by atoms with Crippen molar-refractivity contribution in [3.63, 3.8) is 0 Å². The summed E-state index contributed by atoms with van der Waals surface area (Å²) in [4.78, 5) is 25.0. The van der Waals surface area contributed by atoms with Crippen LogP contribution in [-0.4, -0.2) is 18.9 Å². The molecule has 25 heavy (non-hydrogen) atoms. The van der Waals surface area contributed by atoms with E-state index >= 15 is 0 Å². The third kappa shape index (κ3) is 4.36. The second-order valence-corrected chi connectivity index (χ2v) is 5.95. The number of hydrogen-bond donors (Lipinski definition) is 2. The van der Waals surface area contributed by atoms with Gasteiger partial charge in [0.1, 0.15) is 11.2 Å². The smallest absolute Gasteiger partial charge is 0.239 e. The van der Waals surface area contributed by atoms with Gasteiger partial charge in [0, 0.05) is 17.4 Å². The Morgan fingerprint density at radius 2 is 1.60 bits per heavy atom. The van der Waals surface area contributed by atoms with Gasteiger partial charge in [-0.1, -0.05) is 6.07 Å². The Bertz CT molecular complexity index is 821. The van der Waals surface area contributed by atoms with Crippen molar-refractivity contribution < 1.29 is 14.3 Å². The van der Waals surface area contributed by atoms with E-state index in [1.54, 1.807) is 62.4 Å². The predicted octanol–water partition coefficient (Wildman–Crippen LogP) is 3.17. The van der Waals surface area contributed by atoms with Crippen LogP contribution in [0.1, 0.15) is 19.4 Å². The van der Waals surface area contributed by atoms with Crippen LogP contribution in [0.15, 0.2) is 48.5 Å². The van der Waals surface area contributed by atoms with Crippen molar-refractivity contribution in [1.29, 1.82) is 5.26 Å². The van der Waals surface area contributed by atoms with Gasteiger partial charge in [-0.15, -0.1) is 0 Å². The highest BCUT2D eigenvalue weighted by Crippen LogP contribution is 2.23. The number of nitriles is 1. The summed E-state index contributed by atoms with van der Waals surface area (Å²) in [6.45, 7) is 3.09. The Hall–Kier alpha value is -3.33. The molecule has 2 aromatic rings. The van der Waals surface area contributed by atoms with Crippen LogP contribution in [0.3, 0.4) is 0 Å². The van der Waals surface area contributed by atoms with Gasteiger partial charge in [0.15, 0.2) is 0 Å². The molecule has 0 bridgehead atoms. The van der Waals surface area contributed by atoms with E-state index in [1.165, 1.54) is 7.11 Å². The van der Waals surface area contributed by atoms with Crippen molar-refractivity contribution in [3.8, 4) is 11.8 Å².